The van der Waals surface area contributed by atoms with Gasteiger partial charge in [0.25, 0.3) is 5.91 Å². The standard InChI is InChI=1S/C23H23N5O2S2/c1-16-7-9-19(10-8-16)30-12-11-28-14-18(20-5-3-4-6-21(20)28)13-24-26-22(29)15-31-23-27-25-17(2)32-23/h3-10,13-14H,11-12,15H2,1-2H3,(H,26,29)/b24-13+. The van der Waals surface area contributed by atoms with E-state index in [2.05, 4.69) is 38.3 Å². The molecule has 0 saturated carbocycles. The van der Waals surface area contributed by atoms with Gasteiger partial charge >= 0.3 is 0 Å². The lowest BCUT2D eigenvalue weighted by atomic mass is 10.2. The molecule has 0 aliphatic heterocycles. The van der Waals surface area contributed by atoms with Crippen LogP contribution in [0.25, 0.3) is 10.9 Å². The summed E-state index contributed by atoms with van der Waals surface area (Å²) < 4.78 is 8.79. The number of aryl methyl sites for hydroxylation is 2. The van der Waals surface area contributed by atoms with Gasteiger partial charge in [-0.25, -0.2) is 5.43 Å². The molecule has 0 atom stereocenters. The van der Waals surface area contributed by atoms with E-state index in [1.54, 1.807) is 6.21 Å². The largest absolute Gasteiger partial charge is 0.492 e. The van der Waals surface area contributed by atoms with Crippen molar-refractivity contribution in [3.05, 3.63) is 70.9 Å². The first-order valence-electron chi connectivity index (χ1n) is 10.1. The van der Waals surface area contributed by atoms with E-state index in [0.717, 1.165) is 31.6 Å². The lowest BCUT2D eigenvalue weighted by Crippen LogP contribution is -2.19. The molecule has 0 saturated heterocycles. The number of benzene rings is 2. The minimum atomic E-state index is -0.186. The van der Waals surface area contributed by atoms with Gasteiger partial charge in [-0.3, -0.25) is 4.79 Å². The maximum absolute atomic E-state index is 12.1. The van der Waals surface area contributed by atoms with E-state index < -0.39 is 0 Å². The number of carbonyl (C=O) groups excluding carboxylic acids is 1. The highest BCUT2D eigenvalue weighted by Gasteiger charge is 2.08. The van der Waals surface area contributed by atoms with Crippen LogP contribution in [0.2, 0.25) is 0 Å². The lowest BCUT2D eigenvalue weighted by Gasteiger charge is -2.08. The molecule has 32 heavy (non-hydrogen) atoms. The number of ether oxygens (including phenoxy) is 1. The number of nitrogens with zero attached hydrogens (tertiary/aromatic N) is 4. The smallest absolute Gasteiger partial charge is 0.250 e. The minimum absolute atomic E-state index is 0.186. The number of hydrazone groups is 1. The third kappa shape index (κ3) is 5.74. The molecular weight excluding hydrogens is 442 g/mol. The van der Waals surface area contributed by atoms with Gasteiger partial charge in [0.05, 0.1) is 18.5 Å². The molecule has 2 aromatic heterocycles. The second-order valence-corrected chi connectivity index (χ2v) is 9.53. The minimum Gasteiger partial charge on any atom is -0.492 e. The van der Waals surface area contributed by atoms with Crippen molar-refractivity contribution in [3.8, 4) is 5.75 Å². The maximum Gasteiger partial charge on any atom is 0.250 e. The van der Waals surface area contributed by atoms with Gasteiger partial charge in [-0.05, 0) is 32.0 Å². The molecule has 9 heteroatoms. The summed E-state index contributed by atoms with van der Waals surface area (Å²) in [6.45, 7) is 5.19. The van der Waals surface area contributed by atoms with Gasteiger partial charge in [0.2, 0.25) is 0 Å². The van der Waals surface area contributed by atoms with E-state index in [0.29, 0.717) is 13.2 Å². The number of amides is 1. The Morgan fingerprint density at radius 3 is 2.78 bits per heavy atom. The van der Waals surface area contributed by atoms with E-state index in [-0.39, 0.29) is 11.7 Å². The van der Waals surface area contributed by atoms with Crippen LogP contribution in [0.1, 0.15) is 16.1 Å². The van der Waals surface area contributed by atoms with Gasteiger partial charge in [0.15, 0.2) is 4.34 Å². The summed E-state index contributed by atoms with van der Waals surface area (Å²) in [6, 6.07) is 16.2. The van der Waals surface area contributed by atoms with Gasteiger partial charge in [-0.1, -0.05) is 59.0 Å². The summed E-state index contributed by atoms with van der Waals surface area (Å²) in [5.41, 5.74) is 5.82. The van der Waals surface area contributed by atoms with Crippen molar-refractivity contribution in [2.24, 2.45) is 5.10 Å². The molecule has 164 valence electrons. The fraction of sp³-hybridized carbons (Fsp3) is 0.217. The monoisotopic (exact) mass is 465 g/mol. The molecular formula is C23H23N5O2S2. The second-order valence-electron chi connectivity index (χ2n) is 7.13. The SMILES string of the molecule is Cc1ccc(OCCn2cc(/C=N/NC(=O)CSc3nnc(C)s3)c3ccccc32)cc1. The number of rotatable bonds is 9. The Labute approximate surface area is 194 Å². The number of hydrogen-bond donors (Lipinski definition) is 1. The van der Waals surface area contributed by atoms with Crippen molar-refractivity contribution in [1.29, 1.82) is 0 Å². The summed E-state index contributed by atoms with van der Waals surface area (Å²) >= 11 is 2.82. The van der Waals surface area contributed by atoms with E-state index >= 15 is 0 Å². The van der Waals surface area contributed by atoms with Gasteiger partial charge in [0, 0.05) is 22.7 Å². The zero-order valence-corrected chi connectivity index (χ0v) is 19.4. The molecule has 0 unspecified atom stereocenters. The lowest BCUT2D eigenvalue weighted by molar-refractivity contribution is -0.118. The summed E-state index contributed by atoms with van der Waals surface area (Å²) in [6.07, 6.45) is 3.70. The van der Waals surface area contributed by atoms with Crippen LogP contribution in [0.5, 0.6) is 5.75 Å². The van der Waals surface area contributed by atoms with Gasteiger partial charge in [-0.2, -0.15) is 5.10 Å². The number of carbonyl (C=O) groups is 1. The average Bonchev–Trinajstić information content (AvgIpc) is 3.37. The zero-order valence-electron chi connectivity index (χ0n) is 17.8. The third-order valence-electron chi connectivity index (χ3n) is 4.67. The van der Waals surface area contributed by atoms with Crippen LogP contribution in [-0.4, -0.2) is 39.2 Å². The Morgan fingerprint density at radius 1 is 1.19 bits per heavy atom. The van der Waals surface area contributed by atoms with Gasteiger partial charge in [0.1, 0.15) is 17.4 Å². The van der Waals surface area contributed by atoms with Crippen LogP contribution in [0, 0.1) is 13.8 Å². The van der Waals surface area contributed by atoms with E-state index in [1.807, 2.05) is 55.6 Å². The van der Waals surface area contributed by atoms with Gasteiger partial charge < -0.3 is 9.30 Å². The topological polar surface area (TPSA) is 81.4 Å². The first-order chi connectivity index (χ1) is 15.6. The molecule has 7 nitrogen and oxygen atoms in total. The molecule has 4 aromatic rings. The molecule has 0 aliphatic carbocycles. The molecule has 4 rings (SSSR count). The Morgan fingerprint density at radius 2 is 2.00 bits per heavy atom. The summed E-state index contributed by atoms with van der Waals surface area (Å²) in [5, 5.41) is 14.0. The molecule has 1 amide bonds. The summed E-state index contributed by atoms with van der Waals surface area (Å²) in [5.74, 6) is 0.914. The van der Waals surface area contributed by atoms with Gasteiger partial charge in [-0.15, -0.1) is 10.2 Å². The molecule has 2 aromatic carbocycles. The second kappa shape index (κ2) is 10.4. The van der Waals surface area contributed by atoms with Crippen molar-refractivity contribution in [3.63, 3.8) is 0 Å². The fourth-order valence-corrected chi connectivity index (χ4v) is 4.74. The number of thioether (sulfide) groups is 1. The summed E-state index contributed by atoms with van der Waals surface area (Å²) in [4.78, 5) is 12.1. The number of aromatic nitrogens is 3. The normalized spacial score (nSPS) is 11.3. The predicted octanol–water partition coefficient (Wildman–Crippen LogP) is 4.43. The Hall–Kier alpha value is -3.17. The van der Waals surface area contributed by atoms with E-state index in [9.17, 15) is 4.79 Å². The number of hydrogen-bond acceptors (Lipinski definition) is 7. The summed E-state index contributed by atoms with van der Waals surface area (Å²) in [7, 11) is 0. The molecule has 0 aliphatic rings. The van der Waals surface area contributed by atoms with Crippen LogP contribution in [0.15, 0.2) is 64.2 Å². The average molecular weight is 466 g/mol. The zero-order chi connectivity index (χ0) is 22.3. The van der Waals surface area contributed by atoms with Crippen LogP contribution < -0.4 is 10.2 Å². The quantitative estimate of drug-likeness (QED) is 0.225. The highest BCUT2D eigenvalue weighted by Crippen LogP contribution is 2.22. The Bertz CT molecular complexity index is 1230. The van der Waals surface area contributed by atoms with Crippen molar-refractivity contribution in [2.45, 2.75) is 24.7 Å². The molecule has 1 N–H and O–H groups in total. The van der Waals surface area contributed by atoms with Crippen LogP contribution in [0.3, 0.4) is 0 Å². The van der Waals surface area contributed by atoms with Crippen molar-refractivity contribution in [1.82, 2.24) is 20.2 Å². The number of nitrogens with one attached hydrogen (secondary N) is 1. The highest BCUT2D eigenvalue weighted by atomic mass is 32.2. The van der Waals surface area contributed by atoms with Crippen LogP contribution in [-0.2, 0) is 11.3 Å². The predicted molar refractivity (Wildman–Crippen MR) is 130 cm³/mol. The third-order valence-corrected chi connectivity index (χ3v) is 6.64. The first kappa shape index (κ1) is 22.0. The molecule has 0 radical (unpaired) electrons. The van der Waals surface area contributed by atoms with E-state index in [1.165, 1.54) is 28.7 Å². The molecule has 2 heterocycles. The number of fused-ring (bicyclic) bond motifs is 1. The molecule has 0 spiro atoms. The van der Waals surface area contributed by atoms with E-state index in [4.69, 9.17) is 4.74 Å². The van der Waals surface area contributed by atoms with Crippen molar-refractivity contribution in [2.75, 3.05) is 12.4 Å². The molecule has 0 fully saturated rings. The Balaban J connectivity index is 1.36. The van der Waals surface area contributed by atoms with Crippen LogP contribution >= 0.6 is 23.1 Å². The van der Waals surface area contributed by atoms with Crippen molar-refractivity contribution >= 4 is 46.1 Å². The molecule has 0 bridgehead atoms. The van der Waals surface area contributed by atoms with Crippen LogP contribution in [0.4, 0.5) is 0 Å². The van der Waals surface area contributed by atoms with Crippen molar-refractivity contribution < 1.29 is 9.53 Å². The maximum atomic E-state index is 12.1. The first-order valence-corrected chi connectivity index (χ1v) is 11.9. The fourth-order valence-electron chi connectivity index (χ4n) is 3.13. The highest BCUT2D eigenvalue weighted by molar-refractivity contribution is 8.01. The Kier molecular flexibility index (Phi) is 7.18. The number of para-hydroxylation sites is 1.